The topological polar surface area (TPSA) is 31.5 Å². The molecule has 4 heavy (non-hydrogen) atoms. The van der Waals surface area contributed by atoms with Gasteiger partial charge in [-0.3, -0.25) is 0 Å². The number of hydrogen-bond acceptors (Lipinski definition) is 0. The van der Waals surface area contributed by atoms with Crippen molar-refractivity contribution in [2.45, 2.75) is 0 Å². The van der Waals surface area contributed by atoms with Gasteiger partial charge in [0.25, 0.3) is 0 Å². The molecule has 0 heterocycles. The maximum atomic E-state index is 0. The van der Waals surface area contributed by atoms with Crippen LogP contribution in [0, 0.1) is 35.6 Å². The minimum atomic E-state index is 0. The van der Waals surface area contributed by atoms with Crippen LogP contribution >= 0.6 is 0 Å². The van der Waals surface area contributed by atoms with Crippen molar-refractivity contribution in [3.8, 4) is 0 Å². The molecule has 0 spiro atoms. The zero-order chi connectivity index (χ0) is 0. The molecule has 0 unspecified atom stereocenters. The molecule has 0 rings (SSSR count). The average Bonchev–Trinajstić information content (AvgIpc) is 0. The van der Waals surface area contributed by atoms with Gasteiger partial charge in [0.15, 0.2) is 17.4 Å². The molecular formula is H5AlLaOZr. The van der Waals surface area contributed by atoms with Gasteiger partial charge in [0, 0.05) is 61.8 Å². The van der Waals surface area contributed by atoms with Gasteiger partial charge in [0.05, 0.1) is 0 Å². The predicted molar refractivity (Wildman–Crippen MR) is 13.6 cm³/mol. The van der Waals surface area contributed by atoms with Gasteiger partial charge in [-0.15, -0.1) is 0 Å². The Balaban J connectivity index is 0. The molecule has 0 saturated heterocycles. The third-order valence-corrected chi connectivity index (χ3v) is 0. The van der Waals surface area contributed by atoms with Gasteiger partial charge in [-0.1, -0.05) is 0 Å². The van der Waals surface area contributed by atoms with E-state index in [9.17, 15) is 0 Å². The molecule has 4 heteroatoms. The van der Waals surface area contributed by atoms with E-state index in [0.29, 0.717) is 0 Å². The van der Waals surface area contributed by atoms with Gasteiger partial charge >= 0.3 is 0 Å². The SMILES string of the molecule is O.[AlH3].[La].[Zr]. The Bertz CT molecular complexity index is 8.00. The summed E-state index contributed by atoms with van der Waals surface area (Å²) in [5, 5.41) is 0. The van der Waals surface area contributed by atoms with E-state index in [4.69, 9.17) is 0 Å². The van der Waals surface area contributed by atoms with Gasteiger partial charge in [0.1, 0.15) is 0 Å². The van der Waals surface area contributed by atoms with Crippen molar-refractivity contribution >= 4 is 17.4 Å². The summed E-state index contributed by atoms with van der Waals surface area (Å²) in [6.07, 6.45) is 0. The summed E-state index contributed by atoms with van der Waals surface area (Å²) in [5.74, 6) is 0. The van der Waals surface area contributed by atoms with Crippen LogP contribution in [0.3, 0.4) is 0 Å². The summed E-state index contributed by atoms with van der Waals surface area (Å²) < 4.78 is 0. The molecule has 1 radical (unpaired) electrons. The minimum absolute atomic E-state index is 0. The summed E-state index contributed by atoms with van der Waals surface area (Å²) >= 11 is 0. The molecule has 0 aromatic carbocycles. The summed E-state index contributed by atoms with van der Waals surface area (Å²) in [4.78, 5) is 0. The maximum Gasteiger partial charge on any atom is 0.187 e. The molecule has 0 fully saturated rings. The fourth-order valence-corrected chi connectivity index (χ4v) is 0. The van der Waals surface area contributed by atoms with Crippen LogP contribution in [0.4, 0.5) is 0 Å². The quantitative estimate of drug-likeness (QED) is 0.459. The maximum absolute atomic E-state index is 0. The van der Waals surface area contributed by atoms with Crippen molar-refractivity contribution in [2.24, 2.45) is 0 Å². The van der Waals surface area contributed by atoms with Crippen LogP contribution in [-0.2, 0) is 26.2 Å². The molecule has 0 aromatic rings. The molecular weight excluding hydrogens is 273 g/mol. The number of rotatable bonds is 0. The molecule has 21 valence electrons. The van der Waals surface area contributed by atoms with Gasteiger partial charge in [-0.25, -0.2) is 0 Å². The van der Waals surface area contributed by atoms with E-state index in [2.05, 4.69) is 0 Å². The molecule has 1 nitrogen and oxygen atoms in total. The second-order valence-electron chi connectivity index (χ2n) is 0. The van der Waals surface area contributed by atoms with Gasteiger partial charge < -0.3 is 5.48 Å². The summed E-state index contributed by atoms with van der Waals surface area (Å²) in [6.45, 7) is 0. The fraction of sp³-hybridized carbons (Fsp3) is 0. The smallest absolute Gasteiger partial charge is 0.187 e. The molecule has 0 bridgehead atoms. The normalized spacial score (nSPS) is 0. The Hall–Kier alpha value is 2.57. The largest absolute Gasteiger partial charge is 0.412 e. The summed E-state index contributed by atoms with van der Waals surface area (Å²) in [6, 6.07) is 0. The Labute approximate surface area is 83.1 Å². The Morgan fingerprint density at radius 1 is 1.00 bits per heavy atom. The molecule has 0 aliphatic rings. The summed E-state index contributed by atoms with van der Waals surface area (Å²) in [5.41, 5.74) is 0. The monoisotopic (exact) mass is 277 g/mol. The van der Waals surface area contributed by atoms with Gasteiger partial charge in [-0.05, 0) is 0 Å². The van der Waals surface area contributed by atoms with E-state index in [1.165, 1.54) is 0 Å². The van der Waals surface area contributed by atoms with E-state index in [0.717, 1.165) is 0 Å². The van der Waals surface area contributed by atoms with E-state index >= 15 is 0 Å². The van der Waals surface area contributed by atoms with Gasteiger partial charge in [0.2, 0.25) is 0 Å². The molecule has 0 atom stereocenters. The third-order valence-electron chi connectivity index (χ3n) is 0. The first-order valence-corrected chi connectivity index (χ1v) is 0. The van der Waals surface area contributed by atoms with Crippen LogP contribution in [-0.4, -0.2) is 22.8 Å². The van der Waals surface area contributed by atoms with E-state index in [1.54, 1.807) is 0 Å². The molecule has 0 aliphatic heterocycles. The van der Waals surface area contributed by atoms with Crippen molar-refractivity contribution in [3.05, 3.63) is 0 Å². The number of hydrogen-bond donors (Lipinski definition) is 0. The average molecular weight is 278 g/mol. The summed E-state index contributed by atoms with van der Waals surface area (Å²) in [7, 11) is 0. The Morgan fingerprint density at radius 3 is 1.00 bits per heavy atom. The first kappa shape index (κ1) is 30.9. The van der Waals surface area contributed by atoms with Gasteiger partial charge in [-0.2, -0.15) is 0 Å². The van der Waals surface area contributed by atoms with Crippen molar-refractivity contribution in [1.29, 1.82) is 0 Å². The van der Waals surface area contributed by atoms with Crippen molar-refractivity contribution in [2.75, 3.05) is 0 Å². The van der Waals surface area contributed by atoms with E-state index in [1.807, 2.05) is 0 Å². The third kappa shape index (κ3) is 8.82. The Kier molecular flexibility index (Phi) is 136. The van der Waals surface area contributed by atoms with E-state index < -0.39 is 0 Å². The van der Waals surface area contributed by atoms with Crippen LogP contribution in [0.25, 0.3) is 0 Å². The standard InChI is InChI=1S/Al.La.H2O.Zr.3H/h;;1H2;;;;. The zero-order valence-corrected chi connectivity index (χ0v) is 7.66. The van der Waals surface area contributed by atoms with Crippen LogP contribution in [0.1, 0.15) is 0 Å². The first-order valence-electron chi connectivity index (χ1n) is 0. The van der Waals surface area contributed by atoms with E-state index in [-0.39, 0.29) is 84.6 Å². The van der Waals surface area contributed by atoms with Crippen molar-refractivity contribution in [1.82, 2.24) is 0 Å². The molecule has 0 aliphatic carbocycles. The molecule has 0 amide bonds. The fourth-order valence-electron chi connectivity index (χ4n) is 0. The van der Waals surface area contributed by atoms with Crippen LogP contribution in [0.15, 0.2) is 0 Å². The zero-order valence-electron chi connectivity index (χ0n) is 1.58. The predicted octanol–water partition coefficient (Wildman–Crippen LogP) is -2.01. The second kappa shape index (κ2) is 17.6. The van der Waals surface area contributed by atoms with Crippen molar-refractivity contribution < 1.29 is 67.3 Å². The molecule has 2 N–H and O–H groups in total. The molecule has 0 saturated carbocycles. The molecule has 0 aromatic heterocycles. The second-order valence-corrected chi connectivity index (χ2v) is 0. The van der Waals surface area contributed by atoms with Crippen LogP contribution < -0.4 is 0 Å². The van der Waals surface area contributed by atoms with Crippen LogP contribution in [0.5, 0.6) is 0 Å². The first-order chi connectivity index (χ1) is 0. The Morgan fingerprint density at radius 2 is 1.00 bits per heavy atom. The minimum Gasteiger partial charge on any atom is -0.412 e. The van der Waals surface area contributed by atoms with Crippen LogP contribution in [0.2, 0.25) is 0 Å². The van der Waals surface area contributed by atoms with Crippen molar-refractivity contribution in [3.63, 3.8) is 0 Å².